The van der Waals surface area contributed by atoms with Gasteiger partial charge in [-0.1, -0.05) is 66.2 Å². The topological polar surface area (TPSA) is 12.0 Å². The predicted molar refractivity (Wildman–Crippen MR) is 93.5 cm³/mol. The minimum Gasteiger partial charge on any atom is -0.314 e. The molecule has 2 aliphatic rings. The van der Waals surface area contributed by atoms with Crippen LogP contribution in [0.2, 0.25) is 0 Å². The van der Waals surface area contributed by atoms with Crippen LogP contribution < -0.4 is 5.32 Å². The van der Waals surface area contributed by atoms with Crippen LogP contribution in [0.25, 0.3) is 0 Å². The highest BCUT2D eigenvalue weighted by Gasteiger charge is 2.36. The van der Waals surface area contributed by atoms with E-state index in [4.69, 9.17) is 0 Å². The largest absolute Gasteiger partial charge is 0.314 e. The van der Waals surface area contributed by atoms with Crippen molar-refractivity contribution in [2.75, 3.05) is 6.54 Å². The van der Waals surface area contributed by atoms with E-state index in [0.717, 1.165) is 29.6 Å². The summed E-state index contributed by atoms with van der Waals surface area (Å²) in [5.74, 6) is 5.02. The van der Waals surface area contributed by atoms with Crippen molar-refractivity contribution in [2.24, 2.45) is 29.6 Å². The highest BCUT2D eigenvalue weighted by atomic mass is 14.9. The molecule has 1 nitrogen and oxygen atoms in total. The van der Waals surface area contributed by atoms with E-state index < -0.39 is 0 Å². The first-order chi connectivity index (χ1) is 10.1. The fourth-order valence-corrected chi connectivity index (χ4v) is 5.12. The molecule has 0 spiro atoms. The van der Waals surface area contributed by atoms with Crippen LogP contribution in [-0.4, -0.2) is 12.6 Å². The van der Waals surface area contributed by atoms with Crippen molar-refractivity contribution in [3.05, 3.63) is 0 Å². The van der Waals surface area contributed by atoms with Crippen molar-refractivity contribution in [3.63, 3.8) is 0 Å². The quantitative estimate of drug-likeness (QED) is 0.668. The Kier molecular flexibility index (Phi) is 7.05. The third kappa shape index (κ3) is 5.27. The summed E-state index contributed by atoms with van der Waals surface area (Å²) in [4.78, 5) is 0. The number of rotatable bonds is 6. The van der Waals surface area contributed by atoms with E-state index in [9.17, 15) is 0 Å². The zero-order chi connectivity index (χ0) is 15.2. The normalized spacial score (nSPS) is 37.9. The molecular weight excluding hydrogens is 254 g/mol. The molecule has 2 fully saturated rings. The van der Waals surface area contributed by atoms with Crippen LogP contribution in [0.15, 0.2) is 0 Å². The van der Waals surface area contributed by atoms with Crippen LogP contribution in [0.3, 0.4) is 0 Å². The summed E-state index contributed by atoms with van der Waals surface area (Å²) in [7, 11) is 0. The van der Waals surface area contributed by atoms with Crippen LogP contribution in [0.1, 0.15) is 85.5 Å². The van der Waals surface area contributed by atoms with E-state index in [1.807, 2.05) is 0 Å². The standard InChI is InChI=1S/C20H39N/c1-5-7-17-10-11-19(14-21-15(2)3)20(13-17)18-9-6-8-16(4)12-18/h15-21H,5-14H2,1-4H3. The van der Waals surface area contributed by atoms with Gasteiger partial charge in [-0.15, -0.1) is 0 Å². The Morgan fingerprint density at radius 1 is 1.05 bits per heavy atom. The van der Waals surface area contributed by atoms with Gasteiger partial charge in [0.05, 0.1) is 0 Å². The van der Waals surface area contributed by atoms with Crippen LogP contribution in [0.4, 0.5) is 0 Å². The molecule has 5 atom stereocenters. The zero-order valence-corrected chi connectivity index (χ0v) is 15.0. The van der Waals surface area contributed by atoms with Crippen molar-refractivity contribution in [2.45, 2.75) is 91.5 Å². The second kappa shape index (κ2) is 8.56. The van der Waals surface area contributed by atoms with Crippen LogP contribution >= 0.6 is 0 Å². The Morgan fingerprint density at radius 3 is 2.52 bits per heavy atom. The van der Waals surface area contributed by atoms with Crippen LogP contribution in [-0.2, 0) is 0 Å². The summed E-state index contributed by atoms with van der Waals surface area (Å²) in [5.41, 5.74) is 0. The first-order valence-corrected chi connectivity index (χ1v) is 9.83. The summed E-state index contributed by atoms with van der Waals surface area (Å²) in [6, 6.07) is 0.643. The summed E-state index contributed by atoms with van der Waals surface area (Å²) in [5, 5.41) is 3.74. The van der Waals surface area contributed by atoms with Gasteiger partial charge in [-0.2, -0.15) is 0 Å². The Hall–Kier alpha value is -0.0400. The average Bonchev–Trinajstić information content (AvgIpc) is 2.46. The van der Waals surface area contributed by atoms with E-state index in [2.05, 4.69) is 33.0 Å². The minimum atomic E-state index is 0.643. The van der Waals surface area contributed by atoms with Gasteiger partial charge in [-0.25, -0.2) is 0 Å². The molecule has 21 heavy (non-hydrogen) atoms. The van der Waals surface area contributed by atoms with Gasteiger partial charge in [0.15, 0.2) is 0 Å². The van der Waals surface area contributed by atoms with Gasteiger partial charge in [0, 0.05) is 6.04 Å². The second-order valence-corrected chi connectivity index (χ2v) is 8.49. The van der Waals surface area contributed by atoms with Gasteiger partial charge >= 0.3 is 0 Å². The average molecular weight is 294 g/mol. The Balaban J connectivity index is 1.97. The molecule has 2 saturated carbocycles. The van der Waals surface area contributed by atoms with Gasteiger partial charge in [0.25, 0.3) is 0 Å². The lowest BCUT2D eigenvalue weighted by molar-refractivity contribution is 0.0782. The van der Waals surface area contributed by atoms with Crippen molar-refractivity contribution < 1.29 is 0 Å². The Morgan fingerprint density at radius 2 is 1.86 bits per heavy atom. The third-order valence-corrected chi connectivity index (χ3v) is 6.22. The van der Waals surface area contributed by atoms with Gasteiger partial charge in [-0.05, 0) is 55.4 Å². The van der Waals surface area contributed by atoms with E-state index in [0.29, 0.717) is 6.04 Å². The minimum absolute atomic E-state index is 0.643. The molecule has 124 valence electrons. The third-order valence-electron chi connectivity index (χ3n) is 6.22. The molecule has 0 saturated heterocycles. The number of hydrogen-bond donors (Lipinski definition) is 1. The molecule has 0 bridgehead atoms. The lowest BCUT2D eigenvalue weighted by Crippen LogP contribution is -2.40. The fourth-order valence-electron chi connectivity index (χ4n) is 5.12. The lowest BCUT2D eigenvalue weighted by atomic mass is 9.63. The van der Waals surface area contributed by atoms with Gasteiger partial charge in [-0.3, -0.25) is 0 Å². The monoisotopic (exact) mass is 293 g/mol. The van der Waals surface area contributed by atoms with Crippen LogP contribution in [0.5, 0.6) is 0 Å². The summed E-state index contributed by atoms with van der Waals surface area (Å²) in [6.45, 7) is 10.7. The highest BCUT2D eigenvalue weighted by molar-refractivity contribution is 4.88. The molecule has 0 aromatic heterocycles. The lowest BCUT2D eigenvalue weighted by Gasteiger charge is -2.43. The van der Waals surface area contributed by atoms with Gasteiger partial charge in [0.2, 0.25) is 0 Å². The molecular formula is C20H39N. The smallest absolute Gasteiger partial charge is 0.00104 e. The predicted octanol–water partition coefficient (Wildman–Crippen LogP) is 5.64. The van der Waals surface area contributed by atoms with Crippen molar-refractivity contribution in [1.82, 2.24) is 5.32 Å². The van der Waals surface area contributed by atoms with Gasteiger partial charge < -0.3 is 5.32 Å². The Labute approximate surface area is 133 Å². The Bertz CT molecular complexity index is 286. The molecule has 0 radical (unpaired) electrons. The van der Waals surface area contributed by atoms with E-state index in [1.54, 1.807) is 0 Å². The molecule has 0 amide bonds. The van der Waals surface area contributed by atoms with Crippen molar-refractivity contribution >= 4 is 0 Å². The maximum Gasteiger partial charge on any atom is 0.00104 e. The molecule has 2 rings (SSSR count). The highest BCUT2D eigenvalue weighted by Crippen LogP contribution is 2.45. The number of hydrogen-bond acceptors (Lipinski definition) is 1. The zero-order valence-electron chi connectivity index (χ0n) is 15.0. The molecule has 0 heterocycles. The summed E-state index contributed by atoms with van der Waals surface area (Å²) in [6.07, 6.45) is 13.4. The van der Waals surface area contributed by atoms with E-state index >= 15 is 0 Å². The molecule has 0 aromatic rings. The maximum absolute atomic E-state index is 3.74. The summed E-state index contributed by atoms with van der Waals surface area (Å²) >= 11 is 0. The van der Waals surface area contributed by atoms with Gasteiger partial charge in [0.1, 0.15) is 0 Å². The molecule has 1 heteroatoms. The molecule has 5 unspecified atom stereocenters. The molecule has 0 aromatic carbocycles. The molecule has 2 aliphatic carbocycles. The maximum atomic E-state index is 3.74. The first kappa shape index (κ1) is 17.3. The molecule has 0 aliphatic heterocycles. The number of nitrogens with one attached hydrogen (secondary N) is 1. The van der Waals surface area contributed by atoms with Crippen molar-refractivity contribution in [1.29, 1.82) is 0 Å². The first-order valence-electron chi connectivity index (χ1n) is 9.83. The molecule has 1 N–H and O–H groups in total. The van der Waals surface area contributed by atoms with E-state index in [-0.39, 0.29) is 0 Å². The van der Waals surface area contributed by atoms with E-state index in [1.165, 1.54) is 64.3 Å². The van der Waals surface area contributed by atoms with Crippen molar-refractivity contribution in [3.8, 4) is 0 Å². The fraction of sp³-hybridized carbons (Fsp3) is 1.00. The SMILES string of the molecule is CCCC1CCC(CNC(C)C)C(C2CCCC(C)C2)C1. The second-order valence-electron chi connectivity index (χ2n) is 8.49. The van der Waals surface area contributed by atoms with Crippen LogP contribution in [0, 0.1) is 29.6 Å². The summed E-state index contributed by atoms with van der Waals surface area (Å²) < 4.78 is 0.